The van der Waals surface area contributed by atoms with Gasteiger partial charge < -0.3 is 14.2 Å². The van der Waals surface area contributed by atoms with E-state index in [2.05, 4.69) is 38.1 Å². The molecular formula is C39H50O6. The number of carbonyl (C=O) groups is 3. The molecule has 0 fully saturated rings. The van der Waals surface area contributed by atoms with Gasteiger partial charge in [0, 0.05) is 0 Å². The summed E-state index contributed by atoms with van der Waals surface area (Å²) in [6, 6.07) is 22.0. The maximum atomic E-state index is 12.7. The molecule has 3 aromatic rings. The normalized spacial score (nSPS) is 11.5. The Labute approximate surface area is 269 Å². The Morgan fingerprint density at radius 1 is 0.578 bits per heavy atom. The van der Waals surface area contributed by atoms with Crippen molar-refractivity contribution in [3.63, 3.8) is 0 Å². The molecule has 3 rings (SSSR count). The van der Waals surface area contributed by atoms with Crippen LogP contribution >= 0.6 is 0 Å². The summed E-state index contributed by atoms with van der Waals surface area (Å²) in [5.41, 5.74) is 4.16. The van der Waals surface area contributed by atoms with Gasteiger partial charge in [0.2, 0.25) is 0 Å². The van der Waals surface area contributed by atoms with Crippen LogP contribution in [0.1, 0.15) is 124 Å². The van der Waals surface area contributed by atoms with Crippen molar-refractivity contribution in [3.8, 4) is 16.9 Å². The third-order valence-corrected chi connectivity index (χ3v) is 7.89. The van der Waals surface area contributed by atoms with Gasteiger partial charge in [0.15, 0.2) is 6.10 Å². The summed E-state index contributed by atoms with van der Waals surface area (Å²) in [6.07, 6.45) is 14.7. The summed E-state index contributed by atoms with van der Waals surface area (Å²) in [7, 11) is 0. The first-order valence-corrected chi connectivity index (χ1v) is 16.8. The Morgan fingerprint density at radius 3 is 1.67 bits per heavy atom. The van der Waals surface area contributed by atoms with Crippen molar-refractivity contribution in [2.24, 2.45) is 0 Å². The molecule has 3 aromatic carbocycles. The summed E-state index contributed by atoms with van der Waals surface area (Å²) in [5, 5.41) is 0. The number of aryl methyl sites for hydroxylation is 1. The van der Waals surface area contributed by atoms with Crippen molar-refractivity contribution in [1.82, 2.24) is 0 Å². The molecule has 0 bridgehead atoms. The van der Waals surface area contributed by atoms with Crippen molar-refractivity contribution in [2.45, 2.75) is 110 Å². The van der Waals surface area contributed by atoms with Crippen molar-refractivity contribution >= 4 is 17.9 Å². The molecule has 0 heterocycles. The Balaban J connectivity index is 1.42. The summed E-state index contributed by atoms with van der Waals surface area (Å²) in [5.74, 6) is -1.41. The predicted octanol–water partition coefficient (Wildman–Crippen LogP) is 9.92. The molecule has 6 heteroatoms. The van der Waals surface area contributed by atoms with E-state index in [-0.39, 0.29) is 5.56 Å². The van der Waals surface area contributed by atoms with Gasteiger partial charge in [0.05, 0.1) is 17.7 Å². The van der Waals surface area contributed by atoms with Gasteiger partial charge in [-0.1, -0.05) is 114 Å². The first-order valence-electron chi connectivity index (χ1n) is 16.8. The van der Waals surface area contributed by atoms with Crippen LogP contribution in [-0.4, -0.2) is 30.6 Å². The topological polar surface area (TPSA) is 78.9 Å². The third-order valence-electron chi connectivity index (χ3n) is 7.89. The second-order valence-electron chi connectivity index (χ2n) is 11.7. The predicted molar refractivity (Wildman–Crippen MR) is 180 cm³/mol. The molecule has 0 unspecified atom stereocenters. The molecule has 0 aliphatic rings. The molecule has 0 saturated carbocycles. The standard InChI is InChI=1S/C39H50O6/c1-4-6-8-10-11-12-13-14-16-31-17-19-32(20-18-31)33-21-23-34(24-22-33)39(42)45-36-27-25-35(26-28-36)38(41)44-30(3)37(40)43-29-15-9-7-5-2/h17-28,30H,4-16,29H2,1-3H3/t30-/m0/s1. The van der Waals surface area contributed by atoms with Crippen LogP contribution in [0, 0.1) is 0 Å². The zero-order valence-electron chi connectivity index (χ0n) is 27.4. The van der Waals surface area contributed by atoms with Crippen LogP contribution in [0.2, 0.25) is 0 Å². The van der Waals surface area contributed by atoms with Crippen molar-refractivity contribution in [1.29, 1.82) is 0 Å². The summed E-state index contributed by atoms with van der Waals surface area (Å²) >= 11 is 0. The van der Waals surface area contributed by atoms with E-state index in [1.54, 1.807) is 12.1 Å². The second kappa shape index (κ2) is 20.2. The highest BCUT2D eigenvalue weighted by molar-refractivity contribution is 5.93. The average Bonchev–Trinajstić information content (AvgIpc) is 3.06. The fraction of sp³-hybridized carbons (Fsp3) is 0.462. The highest BCUT2D eigenvalue weighted by atomic mass is 16.6. The van der Waals surface area contributed by atoms with Gasteiger partial charge in [-0.15, -0.1) is 0 Å². The van der Waals surface area contributed by atoms with E-state index in [1.807, 2.05) is 12.1 Å². The summed E-state index contributed by atoms with van der Waals surface area (Å²) in [4.78, 5) is 37.3. The molecule has 1 atom stereocenters. The first-order chi connectivity index (χ1) is 21.9. The van der Waals surface area contributed by atoms with Gasteiger partial charge in [-0.3, -0.25) is 0 Å². The van der Waals surface area contributed by atoms with Gasteiger partial charge in [-0.2, -0.15) is 0 Å². The molecule has 45 heavy (non-hydrogen) atoms. The molecule has 0 aromatic heterocycles. The number of hydrogen-bond donors (Lipinski definition) is 0. The quantitative estimate of drug-likeness (QED) is 0.0716. The van der Waals surface area contributed by atoms with E-state index in [4.69, 9.17) is 14.2 Å². The maximum Gasteiger partial charge on any atom is 0.347 e. The number of rotatable bonds is 20. The van der Waals surface area contributed by atoms with Gasteiger partial charge in [0.25, 0.3) is 0 Å². The molecule has 0 aliphatic carbocycles. The fourth-order valence-corrected chi connectivity index (χ4v) is 5.05. The number of unbranched alkanes of at least 4 members (excludes halogenated alkanes) is 10. The smallest absolute Gasteiger partial charge is 0.347 e. The summed E-state index contributed by atoms with van der Waals surface area (Å²) in [6.45, 7) is 6.17. The molecule has 0 amide bonds. The Morgan fingerprint density at radius 2 is 1.07 bits per heavy atom. The molecule has 0 saturated heterocycles. The lowest BCUT2D eigenvalue weighted by Crippen LogP contribution is -2.26. The van der Waals surface area contributed by atoms with Gasteiger partial charge in [-0.25, -0.2) is 14.4 Å². The first kappa shape index (κ1) is 35.5. The third kappa shape index (κ3) is 12.9. The molecule has 242 valence electrons. The molecule has 0 radical (unpaired) electrons. The van der Waals surface area contributed by atoms with E-state index in [0.29, 0.717) is 17.9 Å². The largest absolute Gasteiger partial charge is 0.463 e. The van der Waals surface area contributed by atoms with Crippen LogP contribution in [0.4, 0.5) is 0 Å². The number of hydrogen-bond acceptors (Lipinski definition) is 6. The van der Waals surface area contributed by atoms with Crippen molar-refractivity contribution < 1.29 is 28.6 Å². The Hall–Kier alpha value is -3.93. The Kier molecular flexibility index (Phi) is 15.9. The minimum absolute atomic E-state index is 0.241. The zero-order chi connectivity index (χ0) is 32.3. The second-order valence-corrected chi connectivity index (χ2v) is 11.7. The highest BCUT2D eigenvalue weighted by Crippen LogP contribution is 2.23. The van der Waals surface area contributed by atoms with Crippen LogP contribution in [0.25, 0.3) is 11.1 Å². The monoisotopic (exact) mass is 614 g/mol. The fourth-order valence-electron chi connectivity index (χ4n) is 5.05. The molecule has 0 aliphatic heterocycles. The lowest BCUT2D eigenvalue weighted by Gasteiger charge is -2.13. The van der Waals surface area contributed by atoms with Crippen LogP contribution in [0.15, 0.2) is 72.8 Å². The minimum atomic E-state index is -1.01. The minimum Gasteiger partial charge on any atom is -0.463 e. The van der Waals surface area contributed by atoms with Crippen molar-refractivity contribution in [3.05, 3.63) is 89.5 Å². The van der Waals surface area contributed by atoms with Crippen LogP contribution < -0.4 is 4.74 Å². The lowest BCUT2D eigenvalue weighted by atomic mass is 10.00. The zero-order valence-corrected chi connectivity index (χ0v) is 27.4. The summed E-state index contributed by atoms with van der Waals surface area (Å²) < 4.78 is 15.9. The van der Waals surface area contributed by atoms with Crippen LogP contribution in [0.5, 0.6) is 5.75 Å². The highest BCUT2D eigenvalue weighted by Gasteiger charge is 2.20. The van der Waals surface area contributed by atoms with E-state index in [1.165, 1.54) is 88.1 Å². The lowest BCUT2D eigenvalue weighted by molar-refractivity contribution is -0.153. The van der Waals surface area contributed by atoms with E-state index in [0.717, 1.165) is 43.2 Å². The number of esters is 3. The number of carbonyl (C=O) groups excluding carboxylic acids is 3. The van der Waals surface area contributed by atoms with Gasteiger partial charge in [0.1, 0.15) is 5.75 Å². The van der Waals surface area contributed by atoms with E-state index >= 15 is 0 Å². The Bertz CT molecular complexity index is 1290. The van der Waals surface area contributed by atoms with Gasteiger partial charge in [-0.05, 0) is 79.3 Å². The number of benzene rings is 3. The molecular weight excluding hydrogens is 564 g/mol. The molecule has 0 N–H and O–H groups in total. The van der Waals surface area contributed by atoms with Crippen LogP contribution in [0.3, 0.4) is 0 Å². The molecule has 0 spiro atoms. The van der Waals surface area contributed by atoms with Gasteiger partial charge >= 0.3 is 17.9 Å². The van der Waals surface area contributed by atoms with E-state index in [9.17, 15) is 14.4 Å². The van der Waals surface area contributed by atoms with E-state index < -0.39 is 24.0 Å². The molecule has 6 nitrogen and oxygen atoms in total. The van der Waals surface area contributed by atoms with Crippen LogP contribution in [-0.2, 0) is 20.7 Å². The number of ether oxygens (including phenoxy) is 3. The maximum absolute atomic E-state index is 12.7. The van der Waals surface area contributed by atoms with Crippen molar-refractivity contribution in [2.75, 3.05) is 6.61 Å². The average molecular weight is 615 g/mol. The SMILES string of the molecule is CCCCCCCCCCc1ccc(-c2ccc(C(=O)Oc3ccc(C(=O)O[C@@H](C)C(=O)OCCCCCC)cc3)cc2)cc1.